The third kappa shape index (κ3) is 2.59. The molecule has 0 saturated heterocycles. The molecule has 0 amide bonds. The average molecular weight is 296 g/mol. The Kier molecular flexibility index (Phi) is 2.92. The van der Waals surface area contributed by atoms with Crippen LogP contribution < -0.4 is 0 Å². The molecule has 0 aliphatic rings. The minimum Gasteiger partial charge on any atom is -0.329 e. The molecular formula is C11H7F3N6O. The summed E-state index contributed by atoms with van der Waals surface area (Å²) in [6.45, 7) is 0. The van der Waals surface area contributed by atoms with E-state index in [9.17, 15) is 13.2 Å². The van der Waals surface area contributed by atoms with E-state index < -0.39 is 12.1 Å². The van der Waals surface area contributed by atoms with Gasteiger partial charge in [0.2, 0.25) is 5.82 Å². The largest absolute Gasteiger partial charge is 0.471 e. The predicted octanol–water partition coefficient (Wildman–Crippen LogP) is 1.95. The zero-order valence-electron chi connectivity index (χ0n) is 10.5. The van der Waals surface area contributed by atoms with Crippen LogP contribution in [0.25, 0.3) is 22.8 Å². The first-order chi connectivity index (χ1) is 9.93. The van der Waals surface area contributed by atoms with E-state index in [1.54, 1.807) is 7.05 Å². The van der Waals surface area contributed by atoms with Gasteiger partial charge in [0.15, 0.2) is 0 Å². The van der Waals surface area contributed by atoms with Crippen molar-refractivity contribution in [2.75, 3.05) is 0 Å². The third-order valence-corrected chi connectivity index (χ3v) is 2.55. The van der Waals surface area contributed by atoms with Crippen molar-refractivity contribution in [2.45, 2.75) is 6.18 Å². The predicted molar refractivity (Wildman–Crippen MR) is 62.5 cm³/mol. The molecule has 3 rings (SSSR count). The molecule has 0 fully saturated rings. The Morgan fingerprint density at radius 2 is 2.05 bits per heavy atom. The van der Waals surface area contributed by atoms with E-state index in [-0.39, 0.29) is 5.82 Å². The van der Waals surface area contributed by atoms with Crippen molar-refractivity contribution in [1.82, 2.24) is 30.1 Å². The lowest BCUT2D eigenvalue weighted by Crippen LogP contribution is -2.04. The summed E-state index contributed by atoms with van der Waals surface area (Å²) in [7, 11) is 1.64. The number of alkyl halides is 3. The van der Waals surface area contributed by atoms with Gasteiger partial charge in [-0.05, 0) is 12.1 Å². The molecule has 3 aromatic rings. The maximum atomic E-state index is 12.4. The molecule has 7 nitrogen and oxygen atoms in total. The fraction of sp³-hybridized carbons (Fsp3) is 0.182. The van der Waals surface area contributed by atoms with Gasteiger partial charge in [0.25, 0.3) is 0 Å². The molecule has 0 aliphatic carbocycles. The molecule has 0 unspecified atom stereocenters. The van der Waals surface area contributed by atoms with Crippen LogP contribution in [-0.2, 0) is 13.2 Å². The number of rotatable bonds is 2. The van der Waals surface area contributed by atoms with Crippen LogP contribution in [-0.4, -0.2) is 30.1 Å². The maximum absolute atomic E-state index is 12.4. The van der Waals surface area contributed by atoms with Gasteiger partial charge in [0.1, 0.15) is 5.69 Å². The summed E-state index contributed by atoms with van der Waals surface area (Å²) in [5.74, 6) is -1.56. The minimum absolute atomic E-state index is 0.171. The van der Waals surface area contributed by atoms with Crippen molar-refractivity contribution < 1.29 is 17.7 Å². The second kappa shape index (κ2) is 4.65. The van der Waals surface area contributed by atoms with E-state index in [0.717, 1.165) is 0 Å². The van der Waals surface area contributed by atoms with Crippen LogP contribution in [0.3, 0.4) is 0 Å². The monoisotopic (exact) mass is 296 g/mol. The van der Waals surface area contributed by atoms with Crippen molar-refractivity contribution >= 4 is 0 Å². The fourth-order valence-electron chi connectivity index (χ4n) is 1.63. The third-order valence-electron chi connectivity index (χ3n) is 2.55. The van der Waals surface area contributed by atoms with E-state index in [0.29, 0.717) is 17.0 Å². The molecule has 0 atom stereocenters. The van der Waals surface area contributed by atoms with Crippen LogP contribution in [0.5, 0.6) is 0 Å². The Balaban J connectivity index is 1.98. The highest BCUT2D eigenvalue weighted by Gasteiger charge is 2.38. The topological polar surface area (TPSA) is 82.5 Å². The molecule has 3 heterocycles. The summed E-state index contributed by atoms with van der Waals surface area (Å²) in [5.41, 5.74) is 1.27. The van der Waals surface area contributed by atoms with Crippen LogP contribution in [0.2, 0.25) is 0 Å². The summed E-state index contributed by atoms with van der Waals surface area (Å²) in [4.78, 5) is 8.75. The Bertz CT molecular complexity index is 778. The smallest absolute Gasteiger partial charge is 0.329 e. The number of aromatic nitrogens is 6. The molecular weight excluding hydrogens is 289 g/mol. The number of pyridine rings is 1. The van der Waals surface area contributed by atoms with Crippen LogP contribution in [0.4, 0.5) is 13.2 Å². The Hall–Kier alpha value is -2.78. The van der Waals surface area contributed by atoms with Gasteiger partial charge in [-0.1, -0.05) is 5.16 Å². The molecule has 21 heavy (non-hydrogen) atoms. The quantitative estimate of drug-likeness (QED) is 0.718. The van der Waals surface area contributed by atoms with E-state index in [2.05, 4.69) is 29.8 Å². The number of halogens is 3. The fourth-order valence-corrected chi connectivity index (χ4v) is 1.63. The average Bonchev–Trinajstić information content (AvgIpc) is 3.07. The molecule has 108 valence electrons. The van der Waals surface area contributed by atoms with Crippen molar-refractivity contribution in [2.24, 2.45) is 7.05 Å². The molecule has 0 spiro atoms. The van der Waals surface area contributed by atoms with E-state index >= 15 is 0 Å². The SMILES string of the molecule is Cn1ncc(-c2cc(-c3noc(C(F)(F)F)n3)ccn2)n1. The van der Waals surface area contributed by atoms with Gasteiger partial charge in [-0.3, -0.25) is 4.98 Å². The summed E-state index contributed by atoms with van der Waals surface area (Å²) in [6.07, 6.45) is -1.77. The Labute approximate surface area is 115 Å². The van der Waals surface area contributed by atoms with Gasteiger partial charge in [-0.2, -0.15) is 33.1 Å². The number of hydrogen-bond donors (Lipinski definition) is 0. The number of aryl methyl sites for hydroxylation is 1. The van der Waals surface area contributed by atoms with E-state index in [1.807, 2.05) is 0 Å². The lowest BCUT2D eigenvalue weighted by atomic mass is 10.2. The van der Waals surface area contributed by atoms with Crippen molar-refractivity contribution in [3.63, 3.8) is 0 Å². The number of hydrogen-bond acceptors (Lipinski definition) is 6. The second-order valence-electron chi connectivity index (χ2n) is 4.07. The zero-order valence-corrected chi connectivity index (χ0v) is 10.5. The standard InChI is InChI=1S/C11H7F3N6O/c1-20-16-5-8(18-20)7-4-6(2-3-15-7)9-17-10(21-19-9)11(12,13)14/h2-5H,1H3. The normalized spacial score (nSPS) is 11.8. The summed E-state index contributed by atoms with van der Waals surface area (Å²) in [5, 5.41) is 11.3. The van der Waals surface area contributed by atoms with Crippen LogP contribution >= 0.6 is 0 Å². The molecule has 10 heteroatoms. The van der Waals surface area contributed by atoms with Crippen molar-refractivity contribution in [1.29, 1.82) is 0 Å². The molecule has 0 aromatic carbocycles. The highest BCUT2D eigenvalue weighted by Crippen LogP contribution is 2.29. The van der Waals surface area contributed by atoms with Gasteiger partial charge in [0, 0.05) is 18.8 Å². The van der Waals surface area contributed by atoms with Crippen LogP contribution in [0, 0.1) is 0 Å². The summed E-state index contributed by atoms with van der Waals surface area (Å²) >= 11 is 0. The van der Waals surface area contributed by atoms with Crippen LogP contribution in [0.1, 0.15) is 5.89 Å². The lowest BCUT2D eigenvalue weighted by molar-refractivity contribution is -0.159. The first-order valence-electron chi connectivity index (χ1n) is 5.67. The lowest BCUT2D eigenvalue weighted by Gasteiger charge is -1.98. The Morgan fingerprint density at radius 3 is 2.67 bits per heavy atom. The molecule has 3 aromatic heterocycles. The molecule has 0 N–H and O–H groups in total. The van der Waals surface area contributed by atoms with Gasteiger partial charge in [-0.25, -0.2) is 0 Å². The summed E-state index contributed by atoms with van der Waals surface area (Å²) in [6, 6.07) is 2.99. The molecule has 0 radical (unpaired) electrons. The zero-order chi connectivity index (χ0) is 15.0. The van der Waals surface area contributed by atoms with Crippen molar-refractivity contribution in [3.8, 4) is 22.8 Å². The number of nitrogens with zero attached hydrogens (tertiary/aromatic N) is 6. The van der Waals surface area contributed by atoms with E-state index in [1.165, 1.54) is 29.3 Å². The molecule has 0 aliphatic heterocycles. The van der Waals surface area contributed by atoms with Crippen molar-refractivity contribution in [3.05, 3.63) is 30.4 Å². The summed E-state index contributed by atoms with van der Waals surface area (Å²) < 4.78 is 41.5. The molecule has 0 saturated carbocycles. The van der Waals surface area contributed by atoms with Gasteiger partial charge in [0.05, 0.1) is 11.9 Å². The Morgan fingerprint density at radius 1 is 1.24 bits per heavy atom. The van der Waals surface area contributed by atoms with Gasteiger partial charge in [-0.15, -0.1) is 0 Å². The first-order valence-corrected chi connectivity index (χ1v) is 5.67. The van der Waals surface area contributed by atoms with E-state index in [4.69, 9.17) is 0 Å². The molecule has 0 bridgehead atoms. The first kappa shape index (κ1) is 13.2. The van der Waals surface area contributed by atoms with Gasteiger partial charge >= 0.3 is 12.1 Å². The maximum Gasteiger partial charge on any atom is 0.471 e. The highest BCUT2D eigenvalue weighted by molar-refractivity contribution is 5.63. The van der Waals surface area contributed by atoms with Crippen LogP contribution in [0.15, 0.2) is 29.0 Å². The second-order valence-corrected chi connectivity index (χ2v) is 4.07. The highest BCUT2D eigenvalue weighted by atomic mass is 19.4. The minimum atomic E-state index is -4.67. The van der Waals surface area contributed by atoms with Gasteiger partial charge < -0.3 is 4.52 Å².